The number of hydrazone groups is 2. The predicted molar refractivity (Wildman–Crippen MR) is 104 cm³/mol. The summed E-state index contributed by atoms with van der Waals surface area (Å²) in [6.07, 6.45) is -0.715. The van der Waals surface area contributed by atoms with Crippen LogP contribution in [0.25, 0.3) is 0 Å². The molecule has 2 amide bonds. The second kappa shape index (κ2) is 11.1. The van der Waals surface area contributed by atoms with Crippen molar-refractivity contribution in [2.24, 2.45) is 10.2 Å². The van der Waals surface area contributed by atoms with Crippen molar-refractivity contribution >= 4 is 23.2 Å². The number of hydrogen-bond donors (Lipinski definition) is 2. The van der Waals surface area contributed by atoms with E-state index >= 15 is 0 Å². The molecule has 0 aliphatic carbocycles. The minimum absolute atomic E-state index is 0. The third kappa shape index (κ3) is 6.71. The molecule has 2 aromatic heterocycles. The Morgan fingerprint density at radius 2 is 1.19 bits per heavy atom. The number of aryl methyl sites for hydroxylation is 2. The molecule has 0 unspecified atom stereocenters. The van der Waals surface area contributed by atoms with Crippen molar-refractivity contribution in [3.05, 3.63) is 55.6 Å². The molecule has 0 spiro atoms. The van der Waals surface area contributed by atoms with Crippen molar-refractivity contribution in [1.82, 2.24) is 10.9 Å². The molecule has 2 rings (SSSR count). The molecule has 0 aromatic carbocycles. The molecule has 0 atom stereocenters. The van der Waals surface area contributed by atoms with Crippen molar-refractivity contribution in [2.45, 2.75) is 34.1 Å². The van der Waals surface area contributed by atoms with Gasteiger partial charge in [0.05, 0.1) is 22.6 Å². The van der Waals surface area contributed by atoms with Crippen LogP contribution in [0.15, 0.2) is 40.8 Å². The van der Waals surface area contributed by atoms with E-state index in [0.29, 0.717) is 0 Å². The molecule has 0 aliphatic rings. The van der Waals surface area contributed by atoms with E-state index in [1.807, 2.05) is 10.9 Å². The van der Waals surface area contributed by atoms with E-state index in [0.717, 1.165) is 12.1 Å². The molecule has 0 saturated carbocycles. The number of hydrogen-bond acceptors (Lipinski definition) is 10. The van der Waals surface area contributed by atoms with Gasteiger partial charge in [-0.2, -0.15) is 10.2 Å². The summed E-state index contributed by atoms with van der Waals surface area (Å²) in [6.45, 7) is 5.50. The third-order valence-electron chi connectivity index (χ3n) is 3.82. The van der Waals surface area contributed by atoms with Crippen LogP contribution in [0.5, 0.6) is 11.5 Å². The van der Waals surface area contributed by atoms with Crippen LogP contribution >= 0.6 is 0 Å². The molecular formula is C19H18N4O8Zn. The summed E-state index contributed by atoms with van der Waals surface area (Å²) in [5.74, 6) is -2.71. The van der Waals surface area contributed by atoms with Crippen LogP contribution in [0.1, 0.15) is 42.9 Å². The van der Waals surface area contributed by atoms with E-state index in [1.54, 1.807) is 0 Å². The van der Waals surface area contributed by atoms with Gasteiger partial charge >= 0.3 is 30.7 Å². The van der Waals surface area contributed by atoms with E-state index in [2.05, 4.69) is 10.2 Å². The Morgan fingerprint density at radius 1 is 0.844 bits per heavy atom. The zero-order valence-corrected chi connectivity index (χ0v) is 20.7. The Morgan fingerprint density at radius 3 is 1.50 bits per heavy atom. The van der Waals surface area contributed by atoms with Gasteiger partial charge in [0.15, 0.2) is 0 Å². The molecule has 164 valence electrons. The quantitative estimate of drug-likeness (QED) is 0.223. The first kappa shape index (κ1) is 26.4. The van der Waals surface area contributed by atoms with Gasteiger partial charge < -0.3 is 19.0 Å². The molecule has 0 aliphatic heterocycles. The second-order valence-electron chi connectivity index (χ2n) is 6.41. The summed E-state index contributed by atoms with van der Waals surface area (Å²) < 4.78 is 9.63. The van der Waals surface area contributed by atoms with E-state index in [4.69, 9.17) is 8.83 Å². The summed E-state index contributed by atoms with van der Waals surface area (Å²) in [4.78, 5) is 47.2. The fraction of sp³-hybridized carbons (Fsp3) is 0.263. The largest absolute Gasteiger partial charge is 2.00 e. The fourth-order valence-electron chi connectivity index (χ4n) is 2.45. The Balaban J connectivity index is 0.00000512. The van der Waals surface area contributed by atoms with Gasteiger partial charge in [-0.3, -0.25) is 9.59 Å². The molecular weight excluding hydrogens is 478 g/mol. The Bertz CT molecular complexity index is 1120. The molecule has 2 heterocycles. The Kier molecular flexibility index (Phi) is 9.21. The number of amides is 2. The average Bonchev–Trinajstić information content (AvgIpc) is 2.63. The van der Waals surface area contributed by atoms with Crippen LogP contribution in [0.2, 0.25) is 0 Å². The molecule has 0 radical (unpaired) electrons. The molecule has 0 saturated heterocycles. The minimum Gasteiger partial charge on any atom is -0.872 e. The van der Waals surface area contributed by atoms with Crippen LogP contribution in [-0.2, 0) is 29.1 Å². The SMILES string of the molecule is C/C(=N/NC(=O)CC(=O)N/N=C(\C)c1c([O-])cc(C)oc1=O)c1c([O-])cc(C)oc1=O.[Zn+2]. The van der Waals surface area contributed by atoms with Crippen LogP contribution in [0.3, 0.4) is 0 Å². The predicted octanol–water partition coefficient (Wildman–Crippen LogP) is -0.875. The molecule has 12 nitrogen and oxygen atoms in total. The van der Waals surface area contributed by atoms with Gasteiger partial charge in [0.2, 0.25) is 11.8 Å². The van der Waals surface area contributed by atoms with Crippen molar-refractivity contribution in [3.8, 4) is 11.5 Å². The topological polar surface area (TPSA) is 189 Å². The molecule has 0 bridgehead atoms. The summed E-state index contributed by atoms with van der Waals surface area (Å²) in [5, 5.41) is 31.0. The van der Waals surface area contributed by atoms with Crippen LogP contribution < -0.4 is 32.3 Å². The number of rotatable bonds is 6. The van der Waals surface area contributed by atoms with Crippen LogP contribution in [0, 0.1) is 13.8 Å². The monoisotopic (exact) mass is 494 g/mol. The van der Waals surface area contributed by atoms with E-state index < -0.39 is 41.0 Å². The van der Waals surface area contributed by atoms with Gasteiger partial charge in [0, 0.05) is 0 Å². The summed E-state index contributed by atoms with van der Waals surface area (Å²) >= 11 is 0. The van der Waals surface area contributed by atoms with E-state index in [1.165, 1.54) is 27.7 Å². The van der Waals surface area contributed by atoms with Gasteiger partial charge in [-0.15, -0.1) is 0 Å². The zero-order chi connectivity index (χ0) is 23.3. The van der Waals surface area contributed by atoms with Crippen molar-refractivity contribution in [3.63, 3.8) is 0 Å². The van der Waals surface area contributed by atoms with E-state index in [-0.39, 0.29) is 53.5 Å². The maximum Gasteiger partial charge on any atom is 2.00 e. The maximum atomic E-state index is 11.9. The van der Waals surface area contributed by atoms with Crippen molar-refractivity contribution in [2.75, 3.05) is 0 Å². The molecule has 2 aromatic rings. The van der Waals surface area contributed by atoms with Crippen molar-refractivity contribution < 1.29 is 48.1 Å². The van der Waals surface area contributed by atoms with Crippen LogP contribution in [-0.4, -0.2) is 23.2 Å². The van der Waals surface area contributed by atoms with Gasteiger partial charge in [0.25, 0.3) is 0 Å². The molecule has 2 N–H and O–H groups in total. The Hall–Kier alpha value is -3.60. The number of nitrogens with zero attached hydrogens (tertiary/aromatic N) is 2. The van der Waals surface area contributed by atoms with E-state index in [9.17, 15) is 29.4 Å². The van der Waals surface area contributed by atoms with Gasteiger partial charge in [-0.05, 0) is 39.8 Å². The normalized spacial score (nSPS) is 11.5. The summed E-state index contributed by atoms with van der Waals surface area (Å²) in [6, 6.07) is 2.21. The minimum atomic E-state index is -0.902. The first-order valence-electron chi connectivity index (χ1n) is 8.80. The smallest absolute Gasteiger partial charge is 0.872 e. The second-order valence-corrected chi connectivity index (χ2v) is 6.41. The third-order valence-corrected chi connectivity index (χ3v) is 3.82. The summed E-state index contributed by atoms with van der Waals surface area (Å²) in [5.41, 5.74) is 1.36. The standard InChI is InChI=1S/C19H20N4O8.Zn/c1-8-5-12(24)16(18(28)30-8)10(3)20-22-14(26)7-15(27)23-21-11(4)17-13(25)6-9(2)31-19(17)29;/h5-6,24-25H,7H2,1-4H3,(H,22,26)(H,23,27);/q;+2/p-2/b20-10-,21-11+;. The maximum absolute atomic E-state index is 11.9. The van der Waals surface area contributed by atoms with Gasteiger partial charge in [-0.1, -0.05) is 11.5 Å². The number of carbonyl (C=O) groups excluding carboxylic acids is 2. The Labute approximate surface area is 193 Å². The first-order valence-corrected chi connectivity index (χ1v) is 8.80. The fourth-order valence-corrected chi connectivity index (χ4v) is 2.45. The first-order chi connectivity index (χ1) is 14.5. The molecule has 0 fully saturated rings. The van der Waals surface area contributed by atoms with Crippen LogP contribution in [0.4, 0.5) is 0 Å². The van der Waals surface area contributed by atoms with Gasteiger partial charge in [0.1, 0.15) is 17.9 Å². The number of nitrogens with one attached hydrogen (secondary N) is 2. The molecule has 32 heavy (non-hydrogen) atoms. The van der Waals surface area contributed by atoms with Gasteiger partial charge in [-0.25, -0.2) is 20.4 Å². The van der Waals surface area contributed by atoms with Crippen molar-refractivity contribution in [1.29, 1.82) is 0 Å². The number of carbonyl (C=O) groups is 2. The molecule has 13 heteroatoms. The average molecular weight is 496 g/mol. The zero-order valence-electron chi connectivity index (χ0n) is 17.7. The summed E-state index contributed by atoms with van der Waals surface area (Å²) in [7, 11) is 0.